The molecule has 2 aliphatic rings. The summed E-state index contributed by atoms with van der Waals surface area (Å²) in [6, 6.07) is 0.389. The molecule has 1 aliphatic heterocycles. The van der Waals surface area contributed by atoms with E-state index in [1.54, 1.807) is 6.92 Å². The maximum absolute atomic E-state index is 12.1. The van der Waals surface area contributed by atoms with E-state index in [2.05, 4.69) is 11.8 Å². The maximum Gasteiger partial charge on any atom is 0.223 e. The van der Waals surface area contributed by atoms with E-state index in [-0.39, 0.29) is 5.12 Å². The van der Waals surface area contributed by atoms with Gasteiger partial charge in [-0.3, -0.25) is 9.59 Å². The standard InChI is InChI=1S/C15H25NO2S/c1-11(14-6-4-3-5-7-14)16-9-13(8-15(16)18)10-19-12(2)17/h11,13-14H,3-10H2,1-2H3/t11-,13?/m0/s1. The van der Waals surface area contributed by atoms with Crippen LogP contribution < -0.4 is 0 Å². The van der Waals surface area contributed by atoms with Crippen LogP contribution in [0.15, 0.2) is 0 Å². The first-order valence-electron chi connectivity index (χ1n) is 7.50. The molecule has 0 radical (unpaired) electrons. The molecule has 108 valence electrons. The molecule has 1 unspecified atom stereocenters. The Labute approximate surface area is 120 Å². The normalized spacial score (nSPS) is 26.7. The molecule has 2 atom stereocenters. The first-order chi connectivity index (χ1) is 9.08. The van der Waals surface area contributed by atoms with Crippen molar-refractivity contribution in [1.29, 1.82) is 0 Å². The number of likely N-dealkylation sites (tertiary alicyclic amines) is 1. The zero-order valence-electron chi connectivity index (χ0n) is 12.1. The van der Waals surface area contributed by atoms with Crippen LogP contribution in [0.1, 0.15) is 52.4 Å². The van der Waals surface area contributed by atoms with Crippen LogP contribution in [-0.4, -0.2) is 34.3 Å². The number of amides is 1. The summed E-state index contributed by atoms with van der Waals surface area (Å²) in [5.74, 6) is 2.16. The highest BCUT2D eigenvalue weighted by molar-refractivity contribution is 8.13. The van der Waals surface area contributed by atoms with Crippen molar-refractivity contribution >= 4 is 22.8 Å². The molecule has 1 amide bonds. The third-order valence-electron chi connectivity index (χ3n) is 4.58. The Hall–Kier alpha value is -0.510. The van der Waals surface area contributed by atoms with Crippen molar-refractivity contribution in [3.63, 3.8) is 0 Å². The minimum absolute atomic E-state index is 0.159. The van der Waals surface area contributed by atoms with E-state index in [9.17, 15) is 9.59 Å². The highest BCUT2D eigenvalue weighted by Gasteiger charge is 2.35. The quantitative estimate of drug-likeness (QED) is 0.795. The van der Waals surface area contributed by atoms with Crippen LogP contribution in [0.4, 0.5) is 0 Å². The monoisotopic (exact) mass is 283 g/mol. The number of rotatable bonds is 4. The summed E-state index contributed by atoms with van der Waals surface area (Å²) < 4.78 is 0. The van der Waals surface area contributed by atoms with Gasteiger partial charge >= 0.3 is 0 Å². The molecule has 0 aromatic carbocycles. The molecule has 3 nitrogen and oxygen atoms in total. The molecule has 2 rings (SSSR count). The van der Waals surface area contributed by atoms with Gasteiger partial charge in [-0.2, -0.15) is 0 Å². The van der Waals surface area contributed by atoms with E-state index >= 15 is 0 Å². The smallest absolute Gasteiger partial charge is 0.223 e. The molecule has 1 heterocycles. The van der Waals surface area contributed by atoms with E-state index in [1.807, 2.05) is 0 Å². The first-order valence-corrected chi connectivity index (χ1v) is 8.49. The molecule has 0 N–H and O–H groups in total. The molecule has 1 aliphatic carbocycles. The molecular weight excluding hydrogens is 258 g/mol. The van der Waals surface area contributed by atoms with Gasteiger partial charge in [0.25, 0.3) is 0 Å². The topological polar surface area (TPSA) is 37.4 Å². The molecule has 19 heavy (non-hydrogen) atoms. The summed E-state index contributed by atoms with van der Waals surface area (Å²) in [6.07, 6.45) is 7.18. The lowest BCUT2D eigenvalue weighted by molar-refractivity contribution is -0.130. The summed E-state index contributed by atoms with van der Waals surface area (Å²) in [6.45, 7) is 4.68. The number of nitrogens with zero attached hydrogens (tertiary/aromatic N) is 1. The minimum atomic E-state index is 0.159. The Morgan fingerprint density at radius 1 is 1.37 bits per heavy atom. The molecule has 4 heteroatoms. The fraction of sp³-hybridized carbons (Fsp3) is 0.867. The van der Waals surface area contributed by atoms with Crippen molar-refractivity contribution in [3.8, 4) is 0 Å². The second-order valence-corrected chi connectivity index (χ2v) is 7.25. The molecule has 0 aromatic heterocycles. The Bertz CT molecular complexity index is 339. The van der Waals surface area contributed by atoms with Crippen molar-refractivity contribution in [2.75, 3.05) is 12.3 Å². The van der Waals surface area contributed by atoms with Gasteiger partial charge in [-0.25, -0.2) is 0 Å². The second-order valence-electron chi connectivity index (χ2n) is 6.06. The number of carbonyl (C=O) groups is 2. The largest absolute Gasteiger partial charge is 0.339 e. The highest BCUT2D eigenvalue weighted by Crippen LogP contribution is 2.32. The van der Waals surface area contributed by atoms with Gasteiger partial charge in [0.2, 0.25) is 5.91 Å². The van der Waals surface area contributed by atoms with Gasteiger partial charge in [-0.05, 0) is 31.6 Å². The second kappa shape index (κ2) is 6.78. The van der Waals surface area contributed by atoms with Gasteiger partial charge in [0.15, 0.2) is 5.12 Å². The van der Waals surface area contributed by atoms with Gasteiger partial charge < -0.3 is 4.90 Å². The molecule has 2 fully saturated rings. The average molecular weight is 283 g/mol. The minimum Gasteiger partial charge on any atom is -0.339 e. The zero-order chi connectivity index (χ0) is 13.8. The zero-order valence-corrected chi connectivity index (χ0v) is 12.9. The maximum atomic E-state index is 12.1. The van der Waals surface area contributed by atoms with Gasteiger partial charge in [0, 0.05) is 31.7 Å². The molecule has 1 saturated carbocycles. The predicted molar refractivity (Wildman–Crippen MR) is 79.0 cm³/mol. The van der Waals surface area contributed by atoms with Crippen molar-refractivity contribution in [3.05, 3.63) is 0 Å². The summed E-state index contributed by atoms with van der Waals surface area (Å²) in [5.41, 5.74) is 0. The average Bonchev–Trinajstić information content (AvgIpc) is 2.78. The van der Waals surface area contributed by atoms with Crippen molar-refractivity contribution in [1.82, 2.24) is 4.90 Å². The van der Waals surface area contributed by atoms with Gasteiger partial charge in [-0.15, -0.1) is 0 Å². The molecular formula is C15H25NO2S. The fourth-order valence-electron chi connectivity index (χ4n) is 3.42. The van der Waals surface area contributed by atoms with Crippen LogP contribution in [0.3, 0.4) is 0 Å². The van der Waals surface area contributed by atoms with Crippen LogP contribution in [0, 0.1) is 11.8 Å². The van der Waals surface area contributed by atoms with E-state index in [1.165, 1.54) is 43.9 Å². The van der Waals surface area contributed by atoms with Gasteiger partial charge in [-0.1, -0.05) is 31.0 Å². The number of hydrogen-bond acceptors (Lipinski definition) is 3. The highest BCUT2D eigenvalue weighted by atomic mass is 32.2. The van der Waals surface area contributed by atoms with Gasteiger partial charge in [0.05, 0.1) is 0 Å². The Morgan fingerprint density at radius 2 is 2.05 bits per heavy atom. The van der Waals surface area contributed by atoms with Crippen LogP contribution in [0.25, 0.3) is 0 Å². The fourth-order valence-corrected chi connectivity index (χ4v) is 4.11. The number of carbonyl (C=O) groups excluding carboxylic acids is 2. The molecule has 1 saturated heterocycles. The number of thioether (sulfide) groups is 1. The lowest BCUT2D eigenvalue weighted by Gasteiger charge is -2.34. The van der Waals surface area contributed by atoms with Crippen LogP contribution >= 0.6 is 11.8 Å². The lowest BCUT2D eigenvalue weighted by atomic mass is 9.84. The van der Waals surface area contributed by atoms with E-state index in [0.717, 1.165) is 12.3 Å². The Morgan fingerprint density at radius 3 is 2.68 bits per heavy atom. The summed E-state index contributed by atoms with van der Waals surface area (Å²) in [5, 5.41) is 0.159. The molecule has 0 spiro atoms. The molecule has 0 bridgehead atoms. The molecule has 0 aromatic rings. The van der Waals surface area contributed by atoms with Crippen molar-refractivity contribution in [2.24, 2.45) is 11.8 Å². The van der Waals surface area contributed by atoms with Gasteiger partial charge in [0.1, 0.15) is 0 Å². The third-order valence-corrected chi connectivity index (χ3v) is 5.63. The van der Waals surface area contributed by atoms with E-state index < -0.39 is 0 Å². The summed E-state index contributed by atoms with van der Waals surface area (Å²) in [7, 11) is 0. The third kappa shape index (κ3) is 3.98. The van der Waals surface area contributed by atoms with E-state index in [4.69, 9.17) is 0 Å². The summed E-state index contributed by atoms with van der Waals surface area (Å²) in [4.78, 5) is 25.2. The van der Waals surface area contributed by atoms with Crippen molar-refractivity contribution < 1.29 is 9.59 Å². The lowest BCUT2D eigenvalue weighted by Crippen LogP contribution is -2.40. The predicted octanol–water partition coefficient (Wildman–Crippen LogP) is 3.08. The van der Waals surface area contributed by atoms with Crippen LogP contribution in [0.5, 0.6) is 0 Å². The van der Waals surface area contributed by atoms with E-state index in [0.29, 0.717) is 30.2 Å². The van der Waals surface area contributed by atoms with Crippen LogP contribution in [0.2, 0.25) is 0 Å². The first kappa shape index (κ1) is 14.9. The van der Waals surface area contributed by atoms with Crippen molar-refractivity contribution in [2.45, 2.75) is 58.4 Å². The Kier molecular flexibility index (Phi) is 5.31. The summed E-state index contributed by atoms with van der Waals surface area (Å²) >= 11 is 1.36. The number of hydrogen-bond donors (Lipinski definition) is 0. The SMILES string of the molecule is CC(=O)SCC1CC(=O)N([C@@H](C)C2CCCCC2)C1. The van der Waals surface area contributed by atoms with Crippen LogP contribution in [-0.2, 0) is 9.59 Å². The Balaban J connectivity index is 1.86.